The van der Waals surface area contributed by atoms with Crippen LogP contribution in [0, 0.1) is 0 Å². The maximum Gasteiger partial charge on any atom is 0.322 e. The molecule has 1 aromatic rings. The van der Waals surface area contributed by atoms with E-state index in [1.165, 1.54) is 0 Å². The number of primary amides is 1. The molecule has 0 saturated carbocycles. The first kappa shape index (κ1) is 17.5. The molecule has 0 aliphatic rings. The molecule has 1 amide bonds. The van der Waals surface area contributed by atoms with Crippen LogP contribution in [0.4, 0.5) is 0 Å². The van der Waals surface area contributed by atoms with Crippen molar-refractivity contribution < 1.29 is 19.5 Å². The van der Waals surface area contributed by atoms with Crippen LogP contribution < -0.4 is 16.6 Å². The summed E-state index contributed by atoms with van der Waals surface area (Å²) in [5.74, 6) is -1.71. The number of carbonyl (C=O) groups excluding carboxylic acids is 2. The summed E-state index contributed by atoms with van der Waals surface area (Å²) in [6.07, 6.45) is 3.96. The molecule has 0 aliphatic carbocycles. The first-order valence-electron chi connectivity index (χ1n) is 6.73. The number of carboxylic acids is 1. The van der Waals surface area contributed by atoms with Gasteiger partial charge in [-0.25, -0.2) is 10.9 Å². The van der Waals surface area contributed by atoms with Gasteiger partial charge in [-0.05, 0) is 12.0 Å². The van der Waals surface area contributed by atoms with Crippen LogP contribution in [0.25, 0.3) is 6.08 Å². The summed E-state index contributed by atoms with van der Waals surface area (Å²) in [7, 11) is 0. The summed E-state index contributed by atoms with van der Waals surface area (Å²) in [5.41, 5.74) is 11.0. The predicted molar refractivity (Wildman–Crippen MR) is 81.5 cm³/mol. The molecule has 0 radical (unpaired) electrons. The van der Waals surface area contributed by atoms with Crippen LogP contribution in [-0.4, -0.2) is 35.4 Å². The largest absolute Gasteiger partial charge is 0.480 e. The molecule has 1 unspecified atom stereocenters. The molecule has 2 atom stereocenters. The van der Waals surface area contributed by atoms with Crippen LogP contribution in [0.15, 0.2) is 36.4 Å². The number of hydrogen-bond acceptors (Lipinski definition) is 5. The van der Waals surface area contributed by atoms with E-state index in [1.807, 2.05) is 30.3 Å². The molecule has 0 saturated heterocycles. The number of hydrazine groups is 1. The second kappa shape index (κ2) is 9.43. The Bertz CT molecular complexity index is 531. The minimum atomic E-state index is -1.13. The van der Waals surface area contributed by atoms with Crippen molar-refractivity contribution >= 4 is 24.2 Å². The molecule has 1 rings (SSSR count). The Kier molecular flexibility index (Phi) is 7.52. The highest BCUT2D eigenvalue weighted by Crippen LogP contribution is 2.02. The zero-order valence-corrected chi connectivity index (χ0v) is 11.9. The van der Waals surface area contributed by atoms with Gasteiger partial charge in [-0.3, -0.25) is 9.59 Å². The summed E-state index contributed by atoms with van der Waals surface area (Å²) in [4.78, 5) is 32.7. The van der Waals surface area contributed by atoms with Crippen LogP contribution >= 0.6 is 0 Å². The minimum Gasteiger partial charge on any atom is -0.480 e. The number of benzene rings is 1. The number of amides is 1. The fourth-order valence-electron chi connectivity index (χ4n) is 1.65. The third-order valence-electron chi connectivity index (χ3n) is 2.84. The van der Waals surface area contributed by atoms with E-state index in [9.17, 15) is 14.4 Å². The van der Waals surface area contributed by atoms with E-state index in [1.54, 1.807) is 12.2 Å². The van der Waals surface area contributed by atoms with Crippen LogP contribution in [0.5, 0.6) is 0 Å². The van der Waals surface area contributed by atoms with E-state index in [2.05, 4.69) is 10.9 Å². The van der Waals surface area contributed by atoms with E-state index >= 15 is 0 Å². The number of aldehydes is 1. The Morgan fingerprint density at radius 1 is 1.23 bits per heavy atom. The summed E-state index contributed by atoms with van der Waals surface area (Å²) < 4.78 is 0. The topological polar surface area (TPSA) is 122 Å². The highest BCUT2D eigenvalue weighted by molar-refractivity contribution is 5.77. The number of carboxylic acid groups (broad SMARTS) is 1. The van der Waals surface area contributed by atoms with Crippen molar-refractivity contribution in [2.45, 2.75) is 24.9 Å². The number of rotatable bonds is 10. The normalized spacial score (nSPS) is 13.6. The molecule has 1 aromatic carbocycles. The van der Waals surface area contributed by atoms with Gasteiger partial charge in [0.2, 0.25) is 5.91 Å². The number of nitrogens with two attached hydrogens (primary N) is 1. The van der Waals surface area contributed by atoms with Crippen molar-refractivity contribution in [2.75, 3.05) is 0 Å². The SMILES string of the molecule is NC(=O)CC[C@H](NNC(C=O)/C=C/c1ccccc1)C(=O)O. The molecule has 0 heterocycles. The summed E-state index contributed by atoms with van der Waals surface area (Å²) in [6, 6.07) is 7.65. The van der Waals surface area contributed by atoms with Crippen LogP contribution in [0.2, 0.25) is 0 Å². The molecule has 0 fully saturated rings. The lowest BCUT2D eigenvalue weighted by Crippen LogP contribution is -2.50. The van der Waals surface area contributed by atoms with Crippen molar-refractivity contribution in [3.05, 3.63) is 42.0 Å². The Morgan fingerprint density at radius 3 is 2.45 bits per heavy atom. The number of hydrogen-bond donors (Lipinski definition) is 4. The van der Waals surface area contributed by atoms with E-state index in [0.717, 1.165) is 5.56 Å². The minimum absolute atomic E-state index is 0.0334. The number of aliphatic carboxylic acids is 1. The zero-order valence-electron chi connectivity index (χ0n) is 11.9. The Morgan fingerprint density at radius 2 is 1.91 bits per heavy atom. The lowest BCUT2D eigenvalue weighted by atomic mass is 10.1. The summed E-state index contributed by atoms with van der Waals surface area (Å²) in [6.45, 7) is 0. The maximum absolute atomic E-state index is 11.0. The molecule has 22 heavy (non-hydrogen) atoms. The first-order chi connectivity index (χ1) is 10.5. The molecule has 0 bridgehead atoms. The van der Waals surface area contributed by atoms with E-state index in [0.29, 0.717) is 6.29 Å². The lowest BCUT2D eigenvalue weighted by molar-refractivity contribution is -0.140. The highest BCUT2D eigenvalue weighted by atomic mass is 16.4. The van der Waals surface area contributed by atoms with E-state index in [-0.39, 0.29) is 12.8 Å². The third kappa shape index (κ3) is 6.78. The van der Waals surface area contributed by atoms with Gasteiger partial charge in [0.15, 0.2) is 0 Å². The van der Waals surface area contributed by atoms with Crippen molar-refractivity contribution in [1.82, 2.24) is 10.9 Å². The van der Waals surface area contributed by atoms with E-state index in [4.69, 9.17) is 10.8 Å². The standard InChI is InChI=1S/C15H19N3O4/c16-14(20)9-8-13(15(21)22)18-17-12(10-19)7-6-11-4-2-1-3-5-11/h1-7,10,12-13,17-18H,8-9H2,(H2,16,20)(H,21,22)/b7-6+/t12?,13-/m0/s1. The molecule has 0 spiro atoms. The molecular weight excluding hydrogens is 286 g/mol. The fourth-order valence-corrected chi connectivity index (χ4v) is 1.65. The highest BCUT2D eigenvalue weighted by Gasteiger charge is 2.18. The Hall–Kier alpha value is -2.51. The second-order valence-electron chi connectivity index (χ2n) is 4.62. The first-order valence-corrected chi connectivity index (χ1v) is 6.73. The van der Waals surface area contributed by atoms with Gasteiger partial charge in [-0.15, -0.1) is 0 Å². The van der Waals surface area contributed by atoms with Crippen molar-refractivity contribution in [1.29, 1.82) is 0 Å². The fraction of sp³-hybridized carbons (Fsp3) is 0.267. The smallest absolute Gasteiger partial charge is 0.322 e. The van der Waals surface area contributed by atoms with Crippen LogP contribution in [0.3, 0.4) is 0 Å². The summed E-state index contributed by atoms with van der Waals surface area (Å²) in [5, 5.41) is 9.02. The monoisotopic (exact) mass is 305 g/mol. The Balaban J connectivity index is 2.53. The predicted octanol–water partition coefficient (Wildman–Crippen LogP) is 0.0802. The maximum atomic E-state index is 11.0. The van der Waals surface area contributed by atoms with Gasteiger partial charge >= 0.3 is 5.97 Å². The van der Waals surface area contributed by atoms with Gasteiger partial charge in [-0.1, -0.05) is 42.5 Å². The zero-order chi connectivity index (χ0) is 16.4. The van der Waals surface area contributed by atoms with Gasteiger partial charge in [0.25, 0.3) is 0 Å². The average Bonchev–Trinajstić information content (AvgIpc) is 2.50. The lowest BCUT2D eigenvalue weighted by Gasteiger charge is -2.16. The van der Waals surface area contributed by atoms with Crippen molar-refractivity contribution in [3.63, 3.8) is 0 Å². The van der Waals surface area contributed by atoms with Crippen molar-refractivity contribution in [2.24, 2.45) is 5.73 Å². The molecule has 7 heteroatoms. The number of nitrogens with one attached hydrogen (secondary N) is 2. The third-order valence-corrected chi connectivity index (χ3v) is 2.84. The molecule has 118 valence electrons. The van der Waals surface area contributed by atoms with Gasteiger partial charge in [0.1, 0.15) is 12.3 Å². The number of carbonyl (C=O) groups is 3. The quantitative estimate of drug-likeness (QED) is 0.359. The summed E-state index contributed by atoms with van der Waals surface area (Å²) >= 11 is 0. The van der Waals surface area contributed by atoms with Gasteiger partial charge in [0, 0.05) is 6.42 Å². The second-order valence-corrected chi connectivity index (χ2v) is 4.62. The van der Waals surface area contributed by atoms with Crippen LogP contribution in [-0.2, 0) is 14.4 Å². The molecule has 5 N–H and O–H groups in total. The van der Waals surface area contributed by atoms with E-state index < -0.39 is 24.0 Å². The molecule has 0 aromatic heterocycles. The van der Waals surface area contributed by atoms with Gasteiger partial charge < -0.3 is 15.6 Å². The average molecular weight is 305 g/mol. The van der Waals surface area contributed by atoms with Crippen LogP contribution in [0.1, 0.15) is 18.4 Å². The molecule has 0 aliphatic heterocycles. The van der Waals surface area contributed by atoms with Crippen molar-refractivity contribution in [3.8, 4) is 0 Å². The molecular formula is C15H19N3O4. The van der Waals surface area contributed by atoms with Gasteiger partial charge in [0.05, 0.1) is 6.04 Å². The Labute approximate surface area is 128 Å². The molecule has 7 nitrogen and oxygen atoms in total. The van der Waals surface area contributed by atoms with Gasteiger partial charge in [-0.2, -0.15) is 0 Å².